The van der Waals surface area contributed by atoms with Crippen LogP contribution in [-0.2, 0) is 0 Å². The molecule has 0 spiro atoms. The molecule has 7 heteroatoms. The first-order valence-corrected chi connectivity index (χ1v) is 6.96. The number of hydrogen-bond acceptors (Lipinski definition) is 5. The zero-order chi connectivity index (χ0) is 16.2. The molecule has 23 heavy (non-hydrogen) atoms. The van der Waals surface area contributed by atoms with Gasteiger partial charge in [-0.1, -0.05) is 23.7 Å². The van der Waals surface area contributed by atoms with Gasteiger partial charge in [0.25, 0.3) is 0 Å². The molecule has 2 heterocycles. The Labute approximate surface area is 136 Å². The first-order chi connectivity index (χ1) is 11.2. The highest BCUT2D eigenvalue weighted by Gasteiger charge is 2.05. The number of aromatic nitrogens is 2. The lowest BCUT2D eigenvalue weighted by atomic mass is 10.1. The number of pyridine rings is 1. The smallest absolute Gasteiger partial charge is 0.237 e. The molecule has 2 aromatic heterocycles. The van der Waals surface area contributed by atoms with E-state index in [1.807, 2.05) is 34.9 Å². The van der Waals surface area contributed by atoms with Crippen LogP contribution < -0.4 is 5.43 Å². The second kappa shape index (κ2) is 6.18. The maximum Gasteiger partial charge on any atom is 0.237 e. The number of halogens is 1. The monoisotopic (exact) mass is 320 g/mol. The predicted octanol–water partition coefficient (Wildman–Crippen LogP) is 3.47. The molecular formula is C16H9ClN6. The quantitative estimate of drug-likeness (QED) is 0.591. The molecule has 0 bridgehead atoms. The lowest BCUT2D eigenvalue weighted by molar-refractivity contribution is 1.19. The Balaban J connectivity index is 1.94. The highest BCUT2D eigenvalue weighted by Crippen LogP contribution is 2.23. The molecule has 3 aromatic rings. The normalized spacial score (nSPS) is 9.87. The Morgan fingerprint density at radius 2 is 2.00 bits per heavy atom. The summed E-state index contributed by atoms with van der Waals surface area (Å²) in [5, 5.41) is 21.7. The average Bonchev–Trinajstić information content (AvgIpc) is 2.99. The number of rotatable bonds is 3. The molecule has 0 saturated carbocycles. The van der Waals surface area contributed by atoms with E-state index in [2.05, 4.69) is 15.5 Å². The summed E-state index contributed by atoms with van der Waals surface area (Å²) in [5.74, 6) is 0. The van der Waals surface area contributed by atoms with Crippen LogP contribution in [0.25, 0.3) is 16.9 Å². The van der Waals surface area contributed by atoms with Crippen molar-refractivity contribution in [2.45, 2.75) is 0 Å². The largest absolute Gasteiger partial charge is 0.305 e. The SMILES string of the molecule is N#CC(C#N)=NNc1cccc(-c2cn3cc(Cl)ccc3n2)c1. The summed E-state index contributed by atoms with van der Waals surface area (Å²) in [6.07, 6.45) is 3.66. The van der Waals surface area contributed by atoms with Crippen LogP contribution in [0.15, 0.2) is 53.9 Å². The van der Waals surface area contributed by atoms with Gasteiger partial charge >= 0.3 is 0 Å². The minimum absolute atomic E-state index is 0.238. The number of imidazole rings is 1. The summed E-state index contributed by atoms with van der Waals surface area (Å²) in [4.78, 5) is 4.53. The number of hydrazone groups is 1. The van der Waals surface area contributed by atoms with Crippen LogP contribution in [-0.4, -0.2) is 15.1 Å². The van der Waals surface area contributed by atoms with E-state index in [1.165, 1.54) is 0 Å². The fourth-order valence-electron chi connectivity index (χ4n) is 2.05. The molecule has 0 unspecified atom stereocenters. The van der Waals surface area contributed by atoms with Gasteiger partial charge in [-0.3, -0.25) is 5.43 Å². The van der Waals surface area contributed by atoms with Gasteiger partial charge in [-0.15, -0.1) is 0 Å². The van der Waals surface area contributed by atoms with Gasteiger partial charge in [0.2, 0.25) is 5.71 Å². The van der Waals surface area contributed by atoms with Gasteiger partial charge in [-0.2, -0.15) is 15.6 Å². The Bertz CT molecular complexity index is 974. The van der Waals surface area contributed by atoms with Crippen molar-refractivity contribution < 1.29 is 0 Å². The first-order valence-electron chi connectivity index (χ1n) is 6.58. The molecule has 1 aromatic carbocycles. The van der Waals surface area contributed by atoms with Gasteiger partial charge in [0.1, 0.15) is 17.8 Å². The third kappa shape index (κ3) is 3.13. The lowest BCUT2D eigenvalue weighted by Gasteiger charge is -2.02. The third-order valence-electron chi connectivity index (χ3n) is 3.08. The standard InChI is InChI=1S/C16H9ClN6/c17-12-4-5-16-20-15(10-23(16)9-12)11-2-1-3-13(6-11)21-22-14(7-18)8-19/h1-6,9-10,21H. The molecule has 6 nitrogen and oxygen atoms in total. The summed E-state index contributed by atoms with van der Waals surface area (Å²) < 4.78 is 1.85. The molecule has 0 aliphatic rings. The maximum atomic E-state index is 8.67. The summed E-state index contributed by atoms with van der Waals surface area (Å²) in [6.45, 7) is 0. The van der Waals surface area contributed by atoms with Gasteiger partial charge < -0.3 is 4.40 Å². The number of benzene rings is 1. The van der Waals surface area contributed by atoms with E-state index < -0.39 is 0 Å². The van der Waals surface area contributed by atoms with Crippen molar-refractivity contribution in [3.8, 4) is 23.4 Å². The van der Waals surface area contributed by atoms with E-state index in [1.54, 1.807) is 30.5 Å². The van der Waals surface area contributed by atoms with Crippen LogP contribution >= 0.6 is 11.6 Å². The Morgan fingerprint density at radius 1 is 1.17 bits per heavy atom. The van der Waals surface area contributed by atoms with Crippen LogP contribution in [0.3, 0.4) is 0 Å². The van der Waals surface area contributed by atoms with Crippen molar-refractivity contribution in [2.75, 3.05) is 5.43 Å². The molecule has 0 amide bonds. The highest BCUT2D eigenvalue weighted by molar-refractivity contribution is 6.30. The Morgan fingerprint density at radius 3 is 2.78 bits per heavy atom. The number of anilines is 1. The fraction of sp³-hybridized carbons (Fsp3) is 0. The van der Waals surface area contributed by atoms with Crippen LogP contribution in [0, 0.1) is 22.7 Å². The maximum absolute atomic E-state index is 8.67. The molecule has 0 saturated heterocycles. The second-order valence-corrected chi connectivity index (χ2v) is 5.05. The molecule has 0 radical (unpaired) electrons. The van der Waals surface area contributed by atoms with Crippen LogP contribution in [0.5, 0.6) is 0 Å². The van der Waals surface area contributed by atoms with E-state index >= 15 is 0 Å². The van der Waals surface area contributed by atoms with E-state index in [4.69, 9.17) is 22.1 Å². The zero-order valence-corrected chi connectivity index (χ0v) is 12.5. The van der Waals surface area contributed by atoms with Gasteiger partial charge in [0.05, 0.1) is 16.4 Å². The van der Waals surface area contributed by atoms with E-state index in [9.17, 15) is 0 Å². The zero-order valence-electron chi connectivity index (χ0n) is 11.7. The van der Waals surface area contributed by atoms with Gasteiger partial charge in [0.15, 0.2) is 0 Å². The van der Waals surface area contributed by atoms with E-state index in [0.717, 1.165) is 16.9 Å². The minimum atomic E-state index is -0.238. The van der Waals surface area contributed by atoms with Gasteiger partial charge in [0, 0.05) is 18.0 Å². The van der Waals surface area contributed by atoms with Gasteiger partial charge in [-0.25, -0.2) is 4.98 Å². The Kier molecular flexibility index (Phi) is 3.92. The number of nitrogens with zero attached hydrogens (tertiary/aromatic N) is 5. The van der Waals surface area contributed by atoms with Crippen molar-refractivity contribution >= 4 is 28.6 Å². The molecule has 110 valence electrons. The second-order valence-electron chi connectivity index (χ2n) is 4.62. The predicted molar refractivity (Wildman–Crippen MR) is 87.9 cm³/mol. The number of hydrogen-bond donors (Lipinski definition) is 1. The molecule has 0 aliphatic carbocycles. The molecule has 0 fully saturated rings. The minimum Gasteiger partial charge on any atom is -0.305 e. The Hall–Kier alpha value is -3.35. The highest BCUT2D eigenvalue weighted by atomic mass is 35.5. The van der Waals surface area contributed by atoms with Crippen molar-refractivity contribution in [2.24, 2.45) is 5.10 Å². The van der Waals surface area contributed by atoms with Gasteiger partial charge in [-0.05, 0) is 24.3 Å². The van der Waals surface area contributed by atoms with Crippen molar-refractivity contribution in [1.82, 2.24) is 9.38 Å². The van der Waals surface area contributed by atoms with Crippen molar-refractivity contribution in [3.05, 3.63) is 53.8 Å². The van der Waals surface area contributed by atoms with Crippen molar-refractivity contribution in [3.63, 3.8) is 0 Å². The number of fused-ring (bicyclic) bond motifs is 1. The van der Waals surface area contributed by atoms with E-state index in [0.29, 0.717) is 10.7 Å². The molecule has 3 rings (SSSR count). The average molecular weight is 321 g/mol. The van der Waals surface area contributed by atoms with E-state index in [-0.39, 0.29) is 5.71 Å². The van der Waals surface area contributed by atoms with Crippen LogP contribution in [0.2, 0.25) is 5.02 Å². The van der Waals surface area contributed by atoms with Crippen LogP contribution in [0.1, 0.15) is 0 Å². The number of nitriles is 2. The topological polar surface area (TPSA) is 89.3 Å². The third-order valence-corrected chi connectivity index (χ3v) is 3.31. The number of nitrogens with one attached hydrogen (secondary N) is 1. The molecule has 1 N–H and O–H groups in total. The summed E-state index contributed by atoms with van der Waals surface area (Å²) in [7, 11) is 0. The lowest BCUT2D eigenvalue weighted by Crippen LogP contribution is -1.96. The summed E-state index contributed by atoms with van der Waals surface area (Å²) in [5.41, 5.74) is 5.54. The molecular weight excluding hydrogens is 312 g/mol. The first kappa shape index (κ1) is 14.6. The summed E-state index contributed by atoms with van der Waals surface area (Å²) in [6, 6.07) is 14.4. The van der Waals surface area contributed by atoms with Crippen LogP contribution in [0.4, 0.5) is 5.69 Å². The molecule has 0 aliphatic heterocycles. The molecule has 0 atom stereocenters. The summed E-state index contributed by atoms with van der Waals surface area (Å²) >= 11 is 5.97. The fourth-order valence-corrected chi connectivity index (χ4v) is 2.22. The van der Waals surface area contributed by atoms with Crippen molar-refractivity contribution in [1.29, 1.82) is 10.5 Å².